The maximum atomic E-state index is 12.5. The summed E-state index contributed by atoms with van der Waals surface area (Å²) in [4.78, 5) is 27.7. The topological polar surface area (TPSA) is 82.1 Å². The zero-order valence-corrected chi connectivity index (χ0v) is 16.1. The number of carbonyl (C=O) groups excluding carboxylic acids is 1. The van der Waals surface area contributed by atoms with E-state index in [1.165, 1.54) is 0 Å². The minimum absolute atomic E-state index is 0.146. The van der Waals surface area contributed by atoms with Crippen molar-refractivity contribution in [3.05, 3.63) is 24.3 Å². The molecular weight excluding hydrogens is 346 g/mol. The maximum absolute atomic E-state index is 12.5. The number of urea groups is 1. The van der Waals surface area contributed by atoms with Crippen molar-refractivity contribution < 1.29 is 19.4 Å². The summed E-state index contributed by atoms with van der Waals surface area (Å²) in [5, 5.41) is 12.3. The van der Waals surface area contributed by atoms with Gasteiger partial charge in [-0.25, -0.2) is 4.79 Å². The monoisotopic (exact) mass is 375 g/mol. The van der Waals surface area contributed by atoms with Gasteiger partial charge in [0.15, 0.2) is 0 Å². The molecule has 2 N–H and O–H groups in total. The highest BCUT2D eigenvalue weighted by atomic mass is 16.5. The van der Waals surface area contributed by atoms with Gasteiger partial charge in [-0.15, -0.1) is 0 Å². The summed E-state index contributed by atoms with van der Waals surface area (Å²) in [5.41, 5.74) is 1.14. The van der Waals surface area contributed by atoms with E-state index in [2.05, 4.69) is 16.3 Å². The van der Waals surface area contributed by atoms with Gasteiger partial charge in [-0.05, 0) is 36.8 Å². The number of amides is 2. The molecule has 3 atom stereocenters. The maximum Gasteiger partial charge on any atom is 0.317 e. The minimum Gasteiger partial charge on any atom is -0.497 e. The molecule has 3 unspecified atom stereocenters. The van der Waals surface area contributed by atoms with Crippen LogP contribution in [0, 0.1) is 17.8 Å². The summed E-state index contributed by atoms with van der Waals surface area (Å²) in [6.07, 6.45) is 1.66. The van der Waals surface area contributed by atoms with Crippen LogP contribution in [0.15, 0.2) is 24.3 Å². The molecule has 2 heterocycles. The Bertz CT molecular complexity index is 681. The van der Waals surface area contributed by atoms with E-state index in [9.17, 15) is 14.7 Å². The number of carboxylic acids is 1. The van der Waals surface area contributed by atoms with Crippen LogP contribution in [-0.2, 0) is 4.79 Å². The molecule has 7 nitrogen and oxygen atoms in total. The van der Waals surface area contributed by atoms with E-state index in [1.54, 1.807) is 12.0 Å². The van der Waals surface area contributed by atoms with Gasteiger partial charge in [-0.3, -0.25) is 4.79 Å². The van der Waals surface area contributed by atoms with Crippen molar-refractivity contribution in [3.63, 3.8) is 0 Å². The van der Waals surface area contributed by atoms with Gasteiger partial charge < -0.3 is 25.0 Å². The quantitative estimate of drug-likeness (QED) is 0.825. The Morgan fingerprint density at radius 3 is 2.85 bits per heavy atom. The van der Waals surface area contributed by atoms with Crippen molar-refractivity contribution in [1.29, 1.82) is 0 Å². The third-order valence-electron chi connectivity index (χ3n) is 5.54. The SMILES string of the molecule is COc1cccc(N2CCC(CNC(=O)N3CC(C)CC(C(=O)O)C3)C2)c1. The standard InChI is InChI=1S/C20H29N3O4/c1-14-8-16(19(24)25)13-23(11-14)20(26)21-10-15-6-7-22(12-15)17-4-3-5-18(9-17)27-2/h3-5,9,14-16H,6-8,10-13H2,1-2H3,(H,21,26)(H,24,25). The lowest BCUT2D eigenvalue weighted by molar-refractivity contribution is -0.143. The normalized spacial score (nSPS) is 25.3. The summed E-state index contributed by atoms with van der Waals surface area (Å²) in [7, 11) is 1.66. The molecule has 0 saturated carbocycles. The first kappa shape index (κ1) is 19.3. The fraction of sp³-hybridized carbons (Fsp3) is 0.600. The second-order valence-corrected chi connectivity index (χ2v) is 7.77. The summed E-state index contributed by atoms with van der Waals surface area (Å²) in [6.45, 7) is 5.37. The fourth-order valence-electron chi connectivity index (χ4n) is 4.08. The molecule has 27 heavy (non-hydrogen) atoms. The Kier molecular flexibility index (Phi) is 6.08. The first-order chi connectivity index (χ1) is 13.0. The Balaban J connectivity index is 1.49. The van der Waals surface area contributed by atoms with E-state index >= 15 is 0 Å². The third-order valence-corrected chi connectivity index (χ3v) is 5.54. The van der Waals surface area contributed by atoms with Crippen LogP contribution in [0.5, 0.6) is 5.75 Å². The molecule has 2 saturated heterocycles. The number of carboxylic acid groups (broad SMARTS) is 1. The predicted octanol–water partition coefficient (Wildman–Crippen LogP) is 2.27. The number of methoxy groups -OCH3 is 1. The molecule has 1 aromatic carbocycles. The highest BCUT2D eigenvalue weighted by Gasteiger charge is 2.32. The molecule has 7 heteroatoms. The summed E-state index contributed by atoms with van der Waals surface area (Å²) >= 11 is 0. The summed E-state index contributed by atoms with van der Waals surface area (Å²) in [6, 6.07) is 7.88. The second kappa shape index (κ2) is 8.50. The lowest BCUT2D eigenvalue weighted by Crippen LogP contribution is -2.50. The second-order valence-electron chi connectivity index (χ2n) is 7.77. The molecule has 0 bridgehead atoms. The average Bonchev–Trinajstić information content (AvgIpc) is 3.14. The number of carbonyl (C=O) groups is 2. The van der Waals surface area contributed by atoms with E-state index < -0.39 is 11.9 Å². The van der Waals surface area contributed by atoms with Gasteiger partial charge in [0.2, 0.25) is 0 Å². The number of nitrogens with one attached hydrogen (secondary N) is 1. The summed E-state index contributed by atoms with van der Waals surface area (Å²) in [5.74, 6) is 0.160. The number of aliphatic carboxylic acids is 1. The van der Waals surface area contributed by atoms with Gasteiger partial charge in [0, 0.05) is 44.5 Å². The van der Waals surface area contributed by atoms with Gasteiger partial charge in [0.1, 0.15) is 5.75 Å². The van der Waals surface area contributed by atoms with Crippen molar-refractivity contribution in [3.8, 4) is 5.75 Å². The molecule has 2 amide bonds. The van der Waals surface area contributed by atoms with E-state index in [4.69, 9.17) is 4.74 Å². The molecule has 0 radical (unpaired) electrons. The van der Waals surface area contributed by atoms with Crippen LogP contribution in [0.3, 0.4) is 0 Å². The number of likely N-dealkylation sites (tertiary alicyclic amines) is 1. The van der Waals surface area contributed by atoms with Gasteiger partial charge >= 0.3 is 12.0 Å². The largest absolute Gasteiger partial charge is 0.497 e. The van der Waals surface area contributed by atoms with E-state index in [0.29, 0.717) is 32.0 Å². The number of anilines is 1. The van der Waals surface area contributed by atoms with Gasteiger partial charge in [-0.2, -0.15) is 0 Å². The van der Waals surface area contributed by atoms with Gasteiger partial charge in [0.05, 0.1) is 13.0 Å². The Morgan fingerprint density at radius 1 is 1.30 bits per heavy atom. The Hall–Kier alpha value is -2.44. The molecule has 0 spiro atoms. The fourth-order valence-corrected chi connectivity index (χ4v) is 4.08. The van der Waals surface area contributed by atoms with Crippen molar-refractivity contribution >= 4 is 17.7 Å². The van der Waals surface area contributed by atoms with Crippen molar-refractivity contribution in [2.75, 3.05) is 44.7 Å². The lowest BCUT2D eigenvalue weighted by Gasteiger charge is -2.34. The number of benzene rings is 1. The molecule has 2 aliphatic heterocycles. The first-order valence-electron chi connectivity index (χ1n) is 9.61. The van der Waals surface area contributed by atoms with Crippen LogP contribution in [-0.4, -0.2) is 61.8 Å². The molecule has 0 aromatic heterocycles. The van der Waals surface area contributed by atoms with Crippen LogP contribution in [0.1, 0.15) is 19.8 Å². The minimum atomic E-state index is -0.816. The molecule has 3 rings (SSSR count). The highest BCUT2D eigenvalue weighted by Crippen LogP contribution is 2.27. The van der Waals surface area contributed by atoms with E-state index in [1.807, 2.05) is 25.1 Å². The lowest BCUT2D eigenvalue weighted by atomic mass is 9.91. The Morgan fingerprint density at radius 2 is 2.11 bits per heavy atom. The van der Waals surface area contributed by atoms with Gasteiger partial charge in [0.25, 0.3) is 0 Å². The zero-order chi connectivity index (χ0) is 19.4. The molecular formula is C20H29N3O4. The van der Waals surface area contributed by atoms with Crippen LogP contribution >= 0.6 is 0 Å². The number of nitrogens with zero attached hydrogens (tertiary/aromatic N) is 2. The van der Waals surface area contributed by atoms with Crippen molar-refractivity contribution in [2.45, 2.75) is 19.8 Å². The molecule has 2 fully saturated rings. The molecule has 1 aromatic rings. The Labute approximate surface area is 160 Å². The van der Waals surface area contributed by atoms with Crippen molar-refractivity contribution in [2.24, 2.45) is 17.8 Å². The predicted molar refractivity (Wildman–Crippen MR) is 103 cm³/mol. The zero-order valence-electron chi connectivity index (χ0n) is 16.1. The third kappa shape index (κ3) is 4.84. The van der Waals surface area contributed by atoms with Crippen LogP contribution < -0.4 is 15.0 Å². The smallest absolute Gasteiger partial charge is 0.317 e. The first-order valence-corrected chi connectivity index (χ1v) is 9.61. The highest BCUT2D eigenvalue weighted by molar-refractivity contribution is 5.76. The number of ether oxygens (including phenoxy) is 1. The van der Waals surface area contributed by atoms with Crippen LogP contribution in [0.2, 0.25) is 0 Å². The molecule has 2 aliphatic rings. The number of hydrogen-bond donors (Lipinski definition) is 2. The number of piperidine rings is 1. The average molecular weight is 375 g/mol. The van der Waals surface area contributed by atoms with Crippen LogP contribution in [0.4, 0.5) is 10.5 Å². The van der Waals surface area contributed by atoms with Crippen molar-refractivity contribution in [1.82, 2.24) is 10.2 Å². The summed E-state index contributed by atoms with van der Waals surface area (Å²) < 4.78 is 5.29. The number of hydrogen-bond acceptors (Lipinski definition) is 4. The molecule has 0 aliphatic carbocycles. The van der Waals surface area contributed by atoms with Gasteiger partial charge in [-0.1, -0.05) is 13.0 Å². The van der Waals surface area contributed by atoms with Crippen LogP contribution in [0.25, 0.3) is 0 Å². The van der Waals surface area contributed by atoms with E-state index in [0.717, 1.165) is 30.9 Å². The number of rotatable bonds is 5. The molecule has 148 valence electrons. The van der Waals surface area contributed by atoms with E-state index in [-0.39, 0.29) is 11.9 Å².